The summed E-state index contributed by atoms with van der Waals surface area (Å²) in [6.07, 6.45) is 46.0. The van der Waals surface area contributed by atoms with Crippen LogP contribution in [0.25, 0.3) is 0 Å². The van der Waals surface area contributed by atoms with Gasteiger partial charge in [0.15, 0.2) is 0 Å². The Hall–Kier alpha value is -2.10. The van der Waals surface area contributed by atoms with E-state index in [1.807, 2.05) is 0 Å². The highest BCUT2D eigenvalue weighted by Crippen LogP contribution is 2.55. The van der Waals surface area contributed by atoms with Crippen molar-refractivity contribution in [1.29, 1.82) is 0 Å². The van der Waals surface area contributed by atoms with Crippen LogP contribution in [0.3, 0.4) is 0 Å². The van der Waals surface area contributed by atoms with Gasteiger partial charge >= 0.3 is 11.9 Å². The van der Waals surface area contributed by atoms with Gasteiger partial charge in [0, 0.05) is 0 Å². The van der Waals surface area contributed by atoms with Crippen molar-refractivity contribution < 1.29 is 19.8 Å². The molecule has 0 fully saturated rings. The second-order valence-corrected chi connectivity index (χ2v) is 14.7. The molecule has 0 rings (SSSR count). The molecule has 0 aliphatic carbocycles. The number of unbranched alkanes of at least 4 members (excludes halogenated alkanes) is 16. The van der Waals surface area contributed by atoms with Crippen molar-refractivity contribution in [2.45, 2.75) is 214 Å². The van der Waals surface area contributed by atoms with E-state index in [-0.39, 0.29) is 6.42 Å². The molecule has 0 atom stereocenters. The van der Waals surface area contributed by atoms with Crippen LogP contribution in [0.5, 0.6) is 0 Å². The van der Waals surface area contributed by atoms with Crippen LogP contribution in [0, 0.1) is 10.8 Å². The van der Waals surface area contributed by atoms with Gasteiger partial charge in [-0.3, -0.25) is 9.59 Å². The number of hydrogen-bond acceptors (Lipinski definition) is 2. The highest BCUT2D eigenvalue weighted by atomic mass is 16.4. The van der Waals surface area contributed by atoms with Gasteiger partial charge in [-0.2, -0.15) is 0 Å². The molecule has 0 aliphatic heterocycles. The summed E-state index contributed by atoms with van der Waals surface area (Å²) >= 11 is 0. The van der Waals surface area contributed by atoms with E-state index in [0.29, 0.717) is 38.5 Å². The molecule has 4 nitrogen and oxygen atoms in total. The Kier molecular flexibility index (Phi) is 31.6. The highest BCUT2D eigenvalue weighted by Gasteiger charge is 2.55. The third-order valence-electron chi connectivity index (χ3n) is 10.5. The Balaban J connectivity index is 6.37. The molecule has 0 heterocycles. The van der Waals surface area contributed by atoms with E-state index in [4.69, 9.17) is 0 Å². The molecule has 0 radical (unpaired) electrons. The summed E-state index contributed by atoms with van der Waals surface area (Å²) < 4.78 is 0. The number of allylic oxidation sites excluding steroid dienone is 8. The molecular formula is C45H80O4. The average molecular weight is 685 g/mol. The molecule has 0 aromatic rings. The van der Waals surface area contributed by atoms with Crippen LogP contribution in [0.1, 0.15) is 214 Å². The first-order chi connectivity index (χ1) is 23.9. The SMILES string of the molecule is CCCCCC/C=C/CCC(CC/C=C/CCCCCC)(CC(=O)O)C(CC/C=C/CCCCCC)(CC/C=C/CCCCCC)C(=O)O. The molecule has 0 saturated carbocycles. The van der Waals surface area contributed by atoms with Crippen molar-refractivity contribution in [1.82, 2.24) is 0 Å². The van der Waals surface area contributed by atoms with Gasteiger partial charge in [-0.25, -0.2) is 0 Å². The summed E-state index contributed by atoms with van der Waals surface area (Å²) in [4.78, 5) is 26.4. The van der Waals surface area contributed by atoms with Gasteiger partial charge < -0.3 is 10.2 Å². The second kappa shape index (κ2) is 33.1. The van der Waals surface area contributed by atoms with Gasteiger partial charge in [0.2, 0.25) is 0 Å². The van der Waals surface area contributed by atoms with Crippen molar-refractivity contribution in [3.8, 4) is 0 Å². The first-order valence-corrected chi connectivity index (χ1v) is 20.9. The number of carbonyl (C=O) groups is 2. The summed E-state index contributed by atoms with van der Waals surface area (Å²) in [6.45, 7) is 8.89. The van der Waals surface area contributed by atoms with Crippen LogP contribution in [-0.2, 0) is 9.59 Å². The van der Waals surface area contributed by atoms with Gasteiger partial charge in [0.25, 0.3) is 0 Å². The summed E-state index contributed by atoms with van der Waals surface area (Å²) in [5.41, 5.74) is -1.96. The highest BCUT2D eigenvalue weighted by molar-refractivity contribution is 5.78. The van der Waals surface area contributed by atoms with Crippen LogP contribution in [0.4, 0.5) is 0 Å². The first kappa shape index (κ1) is 46.9. The Labute approximate surface area is 304 Å². The maximum atomic E-state index is 13.7. The number of rotatable bonds is 36. The van der Waals surface area contributed by atoms with Gasteiger partial charge in [-0.15, -0.1) is 0 Å². The summed E-state index contributed by atoms with van der Waals surface area (Å²) in [5.74, 6) is -1.69. The summed E-state index contributed by atoms with van der Waals surface area (Å²) in [6, 6.07) is 0. The molecule has 4 heteroatoms. The standard InChI is InChI=1S/C45H80O4/c1-5-9-13-17-21-25-29-33-37-44(41-42(46)47,38-34-30-26-22-18-14-10-6-2)45(43(48)49,39-35-31-27-23-19-15-11-7-3)40-36-32-28-24-20-16-12-8-4/h25-32H,5-24,33-41H2,1-4H3,(H,46,47)(H,48,49)/b29-25+,30-26+,31-27+,32-28+. The lowest BCUT2D eigenvalue weighted by atomic mass is 9.54. The van der Waals surface area contributed by atoms with Crippen molar-refractivity contribution in [3.63, 3.8) is 0 Å². The van der Waals surface area contributed by atoms with Crippen LogP contribution in [0.15, 0.2) is 48.6 Å². The predicted octanol–water partition coefficient (Wildman–Crippen LogP) is 14.7. The molecule has 0 aliphatic rings. The molecule has 49 heavy (non-hydrogen) atoms. The topological polar surface area (TPSA) is 74.6 Å². The van der Waals surface area contributed by atoms with Crippen molar-refractivity contribution in [2.24, 2.45) is 10.8 Å². The number of carboxylic acid groups (broad SMARTS) is 2. The molecule has 0 amide bonds. The molecule has 0 bridgehead atoms. The summed E-state index contributed by atoms with van der Waals surface area (Å²) in [5, 5.41) is 21.6. The Morgan fingerprint density at radius 2 is 0.694 bits per heavy atom. The average Bonchev–Trinajstić information content (AvgIpc) is 3.08. The molecule has 2 N–H and O–H groups in total. The lowest BCUT2D eigenvalue weighted by Crippen LogP contribution is -2.49. The monoisotopic (exact) mass is 685 g/mol. The minimum atomic E-state index is -1.12. The van der Waals surface area contributed by atoms with E-state index in [2.05, 4.69) is 76.3 Å². The maximum absolute atomic E-state index is 13.7. The fourth-order valence-corrected chi connectivity index (χ4v) is 7.41. The van der Waals surface area contributed by atoms with E-state index in [1.54, 1.807) is 0 Å². The van der Waals surface area contributed by atoms with Gasteiger partial charge in [-0.1, -0.05) is 153 Å². The molecule has 284 valence electrons. The van der Waals surface area contributed by atoms with Crippen LogP contribution in [0.2, 0.25) is 0 Å². The number of aliphatic carboxylic acids is 2. The third kappa shape index (κ3) is 23.1. The van der Waals surface area contributed by atoms with E-state index in [9.17, 15) is 19.8 Å². The maximum Gasteiger partial charge on any atom is 0.310 e. The Morgan fingerprint density at radius 1 is 0.408 bits per heavy atom. The molecule has 0 aromatic heterocycles. The van der Waals surface area contributed by atoms with Crippen molar-refractivity contribution >= 4 is 11.9 Å². The molecule has 0 spiro atoms. The quantitative estimate of drug-likeness (QED) is 0.0509. The zero-order valence-electron chi connectivity index (χ0n) is 32.8. The molecule has 0 unspecified atom stereocenters. The van der Waals surface area contributed by atoms with E-state index >= 15 is 0 Å². The summed E-state index contributed by atoms with van der Waals surface area (Å²) in [7, 11) is 0. The van der Waals surface area contributed by atoms with E-state index in [0.717, 1.165) is 51.4 Å². The normalized spacial score (nSPS) is 12.8. The van der Waals surface area contributed by atoms with Crippen LogP contribution in [-0.4, -0.2) is 22.2 Å². The smallest absolute Gasteiger partial charge is 0.310 e. The Bertz CT molecular complexity index is 844. The molecule has 0 saturated heterocycles. The molecule has 0 aromatic carbocycles. The minimum Gasteiger partial charge on any atom is -0.481 e. The van der Waals surface area contributed by atoms with E-state index < -0.39 is 22.8 Å². The fraction of sp³-hybridized carbons (Fsp3) is 0.778. The molecular weight excluding hydrogens is 604 g/mol. The lowest BCUT2D eigenvalue weighted by Gasteiger charge is -2.48. The Morgan fingerprint density at radius 3 is 0.959 bits per heavy atom. The van der Waals surface area contributed by atoms with E-state index in [1.165, 1.54) is 89.9 Å². The van der Waals surface area contributed by atoms with Crippen molar-refractivity contribution in [3.05, 3.63) is 48.6 Å². The fourth-order valence-electron chi connectivity index (χ4n) is 7.41. The lowest BCUT2D eigenvalue weighted by molar-refractivity contribution is -0.166. The zero-order chi connectivity index (χ0) is 36.3. The predicted molar refractivity (Wildman–Crippen MR) is 213 cm³/mol. The van der Waals surface area contributed by atoms with Crippen molar-refractivity contribution in [2.75, 3.05) is 0 Å². The largest absolute Gasteiger partial charge is 0.481 e. The van der Waals surface area contributed by atoms with Gasteiger partial charge in [0.1, 0.15) is 0 Å². The zero-order valence-corrected chi connectivity index (χ0v) is 32.8. The minimum absolute atomic E-state index is 0.102. The van der Waals surface area contributed by atoms with Gasteiger partial charge in [0.05, 0.1) is 11.8 Å². The van der Waals surface area contributed by atoms with Crippen LogP contribution >= 0.6 is 0 Å². The van der Waals surface area contributed by atoms with Crippen LogP contribution < -0.4 is 0 Å². The third-order valence-corrected chi connectivity index (χ3v) is 10.5. The second-order valence-electron chi connectivity index (χ2n) is 14.7. The number of carboxylic acids is 2. The first-order valence-electron chi connectivity index (χ1n) is 20.9. The number of hydrogen-bond donors (Lipinski definition) is 2. The van der Waals surface area contributed by atoms with Gasteiger partial charge in [-0.05, 0) is 108 Å².